The van der Waals surface area contributed by atoms with Crippen LogP contribution in [0.15, 0.2) is 30.3 Å². The molecule has 0 saturated carbocycles. The Morgan fingerprint density at radius 3 is 2.67 bits per heavy atom. The van der Waals surface area contributed by atoms with Crippen molar-refractivity contribution in [2.75, 3.05) is 19.6 Å². The molecule has 0 spiro atoms. The predicted octanol–water partition coefficient (Wildman–Crippen LogP) is 3.33. The molecule has 30 heavy (non-hydrogen) atoms. The van der Waals surface area contributed by atoms with Crippen LogP contribution in [0.2, 0.25) is 0 Å². The van der Waals surface area contributed by atoms with Gasteiger partial charge < -0.3 is 10.2 Å². The number of benzene rings is 1. The van der Waals surface area contributed by atoms with E-state index in [1.165, 1.54) is 17.4 Å². The molecule has 0 atom stereocenters. The van der Waals surface area contributed by atoms with Crippen LogP contribution in [0.4, 0.5) is 13.2 Å². The molecule has 2 amide bonds. The predicted molar refractivity (Wildman–Crippen MR) is 104 cm³/mol. The van der Waals surface area contributed by atoms with Crippen molar-refractivity contribution >= 4 is 33.4 Å². The van der Waals surface area contributed by atoms with Gasteiger partial charge in [-0.15, -0.1) is 11.3 Å². The molecule has 0 aliphatic carbocycles. The molecular weight excluding hydrogens is 419 g/mol. The Morgan fingerprint density at radius 1 is 1.23 bits per heavy atom. The Bertz CT molecular complexity index is 1040. The summed E-state index contributed by atoms with van der Waals surface area (Å²) in [6.45, 7) is -0.359. The minimum absolute atomic E-state index is 0.0427. The quantitative estimate of drug-likeness (QED) is 0.655. The van der Waals surface area contributed by atoms with Gasteiger partial charge >= 0.3 is 6.18 Å². The number of piperidine rings is 1. The highest BCUT2D eigenvalue weighted by atomic mass is 32.1. The minimum atomic E-state index is -4.47. The van der Waals surface area contributed by atoms with E-state index < -0.39 is 18.6 Å². The number of hydrogen-bond acceptors (Lipinski definition) is 5. The van der Waals surface area contributed by atoms with Crippen LogP contribution in [-0.4, -0.2) is 57.7 Å². The number of thiazole rings is 1. The van der Waals surface area contributed by atoms with Crippen molar-refractivity contribution in [1.82, 2.24) is 25.4 Å². The number of nitrogens with one attached hydrogen (secondary N) is 2. The molecule has 7 nitrogen and oxygen atoms in total. The molecule has 0 unspecified atom stereocenters. The molecule has 1 aliphatic rings. The van der Waals surface area contributed by atoms with E-state index >= 15 is 0 Å². The summed E-state index contributed by atoms with van der Waals surface area (Å²) in [6.07, 6.45) is -3.16. The first-order valence-corrected chi connectivity index (χ1v) is 10.2. The summed E-state index contributed by atoms with van der Waals surface area (Å²) in [6, 6.07) is 9.06. The van der Waals surface area contributed by atoms with E-state index in [-0.39, 0.29) is 17.5 Å². The van der Waals surface area contributed by atoms with Crippen molar-refractivity contribution in [3.63, 3.8) is 0 Å². The average molecular weight is 437 g/mol. The molecule has 1 fully saturated rings. The van der Waals surface area contributed by atoms with Gasteiger partial charge in [0.2, 0.25) is 0 Å². The standard InChI is InChI=1S/C19H18F3N5O2S/c20-19(21,22)10-23-16(28)14-9-13(25-26-14)11-5-7-27(8-6-11)18(29)17-24-12-3-1-2-4-15(12)30-17/h1-4,9,11H,5-8,10H2,(H,23,28)(H,25,26). The molecule has 1 saturated heterocycles. The Kier molecular flexibility index (Phi) is 5.46. The number of fused-ring (bicyclic) bond motifs is 1. The van der Waals surface area contributed by atoms with Crippen molar-refractivity contribution in [1.29, 1.82) is 0 Å². The number of halogens is 3. The number of rotatable bonds is 4. The lowest BCUT2D eigenvalue weighted by atomic mass is 9.93. The molecule has 1 aromatic carbocycles. The third-order valence-corrected chi connectivity index (χ3v) is 6.00. The topological polar surface area (TPSA) is 91.0 Å². The van der Waals surface area contributed by atoms with Crippen molar-refractivity contribution in [3.05, 3.63) is 46.7 Å². The van der Waals surface area contributed by atoms with Crippen LogP contribution in [0.5, 0.6) is 0 Å². The van der Waals surface area contributed by atoms with Gasteiger partial charge in [-0.2, -0.15) is 18.3 Å². The molecule has 11 heteroatoms. The zero-order chi connectivity index (χ0) is 21.3. The second kappa shape index (κ2) is 8.05. The fourth-order valence-corrected chi connectivity index (χ4v) is 4.36. The lowest BCUT2D eigenvalue weighted by Gasteiger charge is -2.30. The number of hydrogen-bond donors (Lipinski definition) is 2. The van der Waals surface area contributed by atoms with Crippen LogP contribution in [0.25, 0.3) is 10.2 Å². The van der Waals surface area contributed by atoms with E-state index in [1.807, 2.05) is 24.3 Å². The lowest BCUT2D eigenvalue weighted by molar-refractivity contribution is -0.123. The number of alkyl halides is 3. The summed E-state index contributed by atoms with van der Waals surface area (Å²) in [5.41, 5.74) is 1.40. The Labute approximate surface area is 173 Å². The SMILES string of the molecule is O=C(NCC(F)(F)F)c1cc(C2CCN(C(=O)c3nc4ccccc4s3)CC2)[nH]n1. The lowest BCUT2D eigenvalue weighted by Crippen LogP contribution is -2.38. The number of carbonyl (C=O) groups is 2. The summed E-state index contributed by atoms with van der Waals surface area (Å²) in [7, 11) is 0. The summed E-state index contributed by atoms with van der Waals surface area (Å²) in [4.78, 5) is 30.7. The molecule has 0 bridgehead atoms. The normalized spacial score (nSPS) is 15.5. The molecule has 0 radical (unpaired) electrons. The number of nitrogens with zero attached hydrogens (tertiary/aromatic N) is 3. The maximum absolute atomic E-state index is 12.8. The maximum atomic E-state index is 12.8. The van der Waals surface area contributed by atoms with Gasteiger partial charge in [0.15, 0.2) is 5.01 Å². The summed E-state index contributed by atoms with van der Waals surface area (Å²) in [5.74, 6) is -0.939. The minimum Gasteiger partial charge on any atom is -0.342 e. The zero-order valence-electron chi connectivity index (χ0n) is 15.7. The van der Waals surface area contributed by atoms with Crippen molar-refractivity contribution in [2.24, 2.45) is 0 Å². The number of H-pyrrole nitrogens is 1. The first-order chi connectivity index (χ1) is 14.3. The van der Waals surface area contributed by atoms with Gasteiger partial charge in [-0.3, -0.25) is 14.7 Å². The number of para-hydroxylation sites is 1. The molecule has 2 aromatic heterocycles. The maximum Gasteiger partial charge on any atom is 0.405 e. The summed E-state index contributed by atoms with van der Waals surface area (Å²) >= 11 is 1.37. The van der Waals surface area contributed by atoms with Gasteiger partial charge in [0.05, 0.1) is 10.2 Å². The van der Waals surface area contributed by atoms with E-state index in [2.05, 4.69) is 15.2 Å². The number of aromatic amines is 1. The van der Waals surface area contributed by atoms with Gasteiger partial charge in [0.25, 0.3) is 11.8 Å². The Morgan fingerprint density at radius 2 is 1.97 bits per heavy atom. The van der Waals surface area contributed by atoms with Gasteiger partial charge in [0.1, 0.15) is 12.2 Å². The van der Waals surface area contributed by atoms with Gasteiger partial charge in [-0.05, 0) is 31.0 Å². The van der Waals surface area contributed by atoms with Crippen molar-refractivity contribution < 1.29 is 22.8 Å². The van der Waals surface area contributed by atoms with E-state index in [0.717, 1.165) is 10.2 Å². The fraction of sp³-hybridized carbons (Fsp3) is 0.368. The van der Waals surface area contributed by atoms with E-state index in [0.29, 0.717) is 36.6 Å². The van der Waals surface area contributed by atoms with E-state index in [1.54, 1.807) is 10.2 Å². The molecule has 2 N–H and O–H groups in total. The Balaban J connectivity index is 1.35. The highest BCUT2D eigenvalue weighted by molar-refractivity contribution is 7.20. The molecule has 3 heterocycles. The average Bonchev–Trinajstić information content (AvgIpc) is 3.38. The third kappa shape index (κ3) is 4.45. The monoisotopic (exact) mass is 437 g/mol. The van der Waals surface area contributed by atoms with Crippen LogP contribution in [0, 0.1) is 0 Å². The second-order valence-corrected chi connectivity index (χ2v) is 8.09. The number of likely N-dealkylation sites (tertiary alicyclic amines) is 1. The van der Waals surface area contributed by atoms with Crippen molar-refractivity contribution in [3.8, 4) is 0 Å². The fourth-order valence-electron chi connectivity index (χ4n) is 3.43. The molecule has 4 rings (SSSR count). The zero-order valence-corrected chi connectivity index (χ0v) is 16.5. The third-order valence-electron chi connectivity index (χ3n) is 4.98. The summed E-state index contributed by atoms with van der Waals surface area (Å²) in [5, 5.41) is 8.83. The molecule has 158 valence electrons. The van der Waals surface area contributed by atoms with Crippen LogP contribution >= 0.6 is 11.3 Å². The molecular formula is C19H18F3N5O2S. The second-order valence-electron chi connectivity index (χ2n) is 7.06. The van der Waals surface area contributed by atoms with Gasteiger partial charge in [0, 0.05) is 24.7 Å². The number of aromatic nitrogens is 3. The molecule has 1 aliphatic heterocycles. The van der Waals surface area contributed by atoms with Crippen LogP contribution in [-0.2, 0) is 0 Å². The van der Waals surface area contributed by atoms with E-state index in [4.69, 9.17) is 0 Å². The first-order valence-electron chi connectivity index (χ1n) is 9.35. The summed E-state index contributed by atoms with van der Waals surface area (Å²) < 4.78 is 37.7. The smallest absolute Gasteiger partial charge is 0.342 e. The van der Waals surface area contributed by atoms with Crippen LogP contribution in [0.1, 0.15) is 44.7 Å². The van der Waals surface area contributed by atoms with Gasteiger partial charge in [-0.1, -0.05) is 12.1 Å². The van der Waals surface area contributed by atoms with Crippen LogP contribution in [0.3, 0.4) is 0 Å². The number of carbonyl (C=O) groups excluding carboxylic acids is 2. The highest BCUT2D eigenvalue weighted by Gasteiger charge is 2.30. The highest BCUT2D eigenvalue weighted by Crippen LogP contribution is 2.29. The van der Waals surface area contributed by atoms with E-state index in [9.17, 15) is 22.8 Å². The van der Waals surface area contributed by atoms with Crippen molar-refractivity contribution in [2.45, 2.75) is 24.9 Å². The number of amides is 2. The van der Waals surface area contributed by atoms with Gasteiger partial charge in [-0.25, -0.2) is 4.98 Å². The van der Waals surface area contributed by atoms with Crippen LogP contribution < -0.4 is 5.32 Å². The molecule has 3 aromatic rings. The largest absolute Gasteiger partial charge is 0.405 e. The first kappa shape index (κ1) is 20.3. The Hall–Kier alpha value is -2.95.